The minimum Gasteiger partial charge on any atom is -0.493 e. The molecule has 1 aromatic carbocycles. The van der Waals surface area contributed by atoms with E-state index < -0.39 is 5.41 Å². The van der Waals surface area contributed by atoms with Crippen LogP contribution in [0.5, 0.6) is 5.75 Å². The number of para-hydroxylation sites is 1. The number of rotatable bonds is 4. The van der Waals surface area contributed by atoms with Crippen molar-refractivity contribution in [1.29, 1.82) is 5.26 Å². The van der Waals surface area contributed by atoms with E-state index in [0.29, 0.717) is 6.61 Å². The fourth-order valence-electron chi connectivity index (χ4n) is 1.69. The minimum atomic E-state index is -0.552. The van der Waals surface area contributed by atoms with Gasteiger partial charge in [0.15, 0.2) is 0 Å². The first-order valence-corrected chi connectivity index (χ1v) is 7.06. The molecule has 0 bridgehead atoms. The van der Waals surface area contributed by atoms with E-state index in [1.807, 2.05) is 50.4 Å². The van der Waals surface area contributed by atoms with E-state index in [-0.39, 0.29) is 0 Å². The second-order valence-corrected chi connectivity index (χ2v) is 5.56. The van der Waals surface area contributed by atoms with E-state index in [9.17, 15) is 0 Å². The summed E-state index contributed by atoms with van der Waals surface area (Å²) < 4.78 is 5.61. The number of ether oxygens (including phenoxy) is 1. The first-order chi connectivity index (χ1) is 9.08. The first-order valence-electron chi connectivity index (χ1n) is 6.18. The fraction of sp³-hybridized carbons (Fsp3) is 0.333. The van der Waals surface area contributed by atoms with Gasteiger partial charge < -0.3 is 4.74 Å². The molecule has 1 heterocycles. The molecule has 2 rings (SSSR count). The van der Waals surface area contributed by atoms with Gasteiger partial charge >= 0.3 is 0 Å². The van der Waals surface area contributed by atoms with E-state index in [0.717, 1.165) is 22.0 Å². The number of aromatic nitrogens is 1. The highest BCUT2D eigenvalue weighted by Crippen LogP contribution is 2.34. The highest BCUT2D eigenvalue weighted by molar-refractivity contribution is 7.10. The molecular weight excluding hydrogens is 256 g/mol. The van der Waals surface area contributed by atoms with Crippen LogP contribution in [0, 0.1) is 11.3 Å². The van der Waals surface area contributed by atoms with Gasteiger partial charge in [0.1, 0.15) is 16.2 Å². The number of hydrogen-bond acceptors (Lipinski definition) is 4. The van der Waals surface area contributed by atoms with Gasteiger partial charge in [0.25, 0.3) is 0 Å². The standard InChI is InChI=1S/C15H16N2OS/c1-4-18-13-8-6-5-7-11(13)12-9-19-14(17-12)15(2,3)10-16/h5-9H,4H2,1-3H3. The largest absolute Gasteiger partial charge is 0.493 e. The van der Waals surface area contributed by atoms with Gasteiger partial charge in [0.05, 0.1) is 18.4 Å². The molecule has 19 heavy (non-hydrogen) atoms. The zero-order chi connectivity index (χ0) is 13.9. The van der Waals surface area contributed by atoms with Gasteiger partial charge in [-0.05, 0) is 32.9 Å². The Morgan fingerprint density at radius 3 is 2.79 bits per heavy atom. The predicted molar refractivity (Wildman–Crippen MR) is 77.4 cm³/mol. The Hall–Kier alpha value is -1.86. The minimum absolute atomic E-state index is 0.552. The molecule has 0 N–H and O–H groups in total. The van der Waals surface area contributed by atoms with Gasteiger partial charge in [0.2, 0.25) is 0 Å². The molecule has 0 aliphatic heterocycles. The summed E-state index contributed by atoms with van der Waals surface area (Å²) >= 11 is 1.51. The van der Waals surface area contributed by atoms with Crippen molar-refractivity contribution < 1.29 is 4.74 Å². The molecule has 98 valence electrons. The van der Waals surface area contributed by atoms with Gasteiger partial charge in [-0.1, -0.05) is 12.1 Å². The van der Waals surface area contributed by atoms with Crippen LogP contribution in [-0.2, 0) is 5.41 Å². The summed E-state index contributed by atoms with van der Waals surface area (Å²) in [6.07, 6.45) is 0. The van der Waals surface area contributed by atoms with Crippen LogP contribution in [0.1, 0.15) is 25.8 Å². The summed E-state index contributed by atoms with van der Waals surface area (Å²) in [6, 6.07) is 10.1. The highest BCUT2D eigenvalue weighted by atomic mass is 32.1. The van der Waals surface area contributed by atoms with E-state index in [1.165, 1.54) is 11.3 Å². The van der Waals surface area contributed by atoms with Gasteiger partial charge in [0, 0.05) is 10.9 Å². The van der Waals surface area contributed by atoms with E-state index in [1.54, 1.807) is 0 Å². The zero-order valence-corrected chi connectivity index (χ0v) is 12.1. The molecule has 0 aliphatic carbocycles. The number of nitrogens with zero attached hydrogens (tertiary/aromatic N) is 2. The maximum absolute atomic E-state index is 9.16. The number of thiazole rings is 1. The predicted octanol–water partition coefficient (Wildman–Crippen LogP) is 4.01. The molecule has 4 heteroatoms. The van der Waals surface area contributed by atoms with Crippen molar-refractivity contribution >= 4 is 11.3 Å². The Balaban J connectivity index is 2.42. The molecule has 3 nitrogen and oxygen atoms in total. The van der Waals surface area contributed by atoms with Crippen molar-refractivity contribution in [3.05, 3.63) is 34.7 Å². The quantitative estimate of drug-likeness (QED) is 0.844. The molecule has 0 spiro atoms. The summed E-state index contributed by atoms with van der Waals surface area (Å²) in [6.45, 7) is 6.34. The van der Waals surface area contributed by atoms with Crippen LogP contribution in [-0.4, -0.2) is 11.6 Å². The second-order valence-electron chi connectivity index (χ2n) is 4.70. The summed E-state index contributed by atoms with van der Waals surface area (Å²) in [4.78, 5) is 4.58. The van der Waals surface area contributed by atoms with Crippen LogP contribution in [0.2, 0.25) is 0 Å². The fourth-order valence-corrected chi connectivity index (χ4v) is 2.59. The normalized spacial score (nSPS) is 11.1. The summed E-state index contributed by atoms with van der Waals surface area (Å²) in [7, 11) is 0. The molecule has 0 saturated heterocycles. The van der Waals surface area contributed by atoms with Crippen LogP contribution in [0.4, 0.5) is 0 Å². The highest BCUT2D eigenvalue weighted by Gasteiger charge is 2.24. The van der Waals surface area contributed by atoms with E-state index in [2.05, 4.69) is 11.1 Å². The number of hydrogen-bond donors (Lipinski definition) is 0. The first kappa shape index (κ1) is 13.6. The Morgan fingerprint density at radius 1 is 1.37 bits per heavy atom. The maximum Gasteiger partial charge on any atom is 0.128 e. The van der Waals surface area contributed by atoms with Crippen LogP contribution in [0.15, 0.2) is 29.6 Å². The zero-order valence-electron chi connectivity index (χ0n) is 11.3. The Labute approximate surface area is 117 Å². The molecule has 0 amide bonds. The molecule has 0 unspecified atom stereocenters. The summed E-state index contributed by atoms with van der Waals surface area (Å²) in [5.41, 5.74) is 1.29. The van der Waals surface area contributed by atoms with Crippen molar-refractivity contribution in [2.75, 3.05) is 6.61 Å². The number of benzene rings is 1. The molecule has 1 aromatic heterocycles. The third kappa shape index (κ3) is 2.77. The smallest absolute Gasteiger partial charge is 0.128 e. The van der Waals surface area contributed by atoms with E-state index in [4.69, 9.17) is 10.00 Å². The lowest BCUT2D eigenvalue weighted by molar-refractivity contribution is 0.341. The third-order valence-corrected chi connectivity index (χ3v) is 3.95. The molecule has 0 aliphatic rings. The maximum atomic E-state index is 9.16. The average Bonchev–Trinajstić information content (AvgIpc) is 2.90. The summed E-state index contributed by atoms with van der Waals surface area (Å²) in [5, 5.41) is 12.0. The summed E-state index contributed by atoms with van der Waals surface area (Å²) in [5.74, 6) is 0.830. The molecule has 0 fully saturated rings. The van der Waals surface area contributed by atoms with Gasteiger partial charge in [-0.15, -0.1) is 11.3 Å². The van der Waals surface area contributed by atoms with Crippen LogP contribution < -0.4 is 4.74 Å². The lowest BCUT2D eigenvalue weighted by atomic mass is 9.97. The van der Waals surface area contributed by atoms with E-state index >= 15 is 0 Å². The molecule has 0 atom stereocenters. The van der Waals surface area contributed by atoms with Crippen LogP contribution >= 0.6 is 11.3 Å². The lowest BCUT2D eigenvalue weighted by Gasteiger charge is -2.10. The monoisotopic (exact) mass is 272 g/mol. The Kier molecular flexibility index (Phi) is 3.87. The average molecular weight is 272 g/mol. The molecule has 2 aromatic rings. The van der Waals surface area contributed by atoms with Crippen LogP contribution in [0.25, 0.3) is 11.3 Å². The van der Waals surface area contributed by atoms with Crippen molar-refractivity contribution in [3.63, 3.8) is 0 Å². The Morgan fingerprint density at radius 2 is 2.11 bits per heavy atom. The second kappa shape index (κ2) is 5.41. The molecule has 0 radical (unpaired) electrons. The lowest BCUT2D eigenvalue weighted by Crippen LogP contribution is -2.13. The topological polar surface area (TPSA) is 45.9 Å². The van der Waals surface area contributed by atoms with Gasteiger partial charge in [-0.2, -0.15) is 5.26 Å². The third-order valence-electron chi connectivity index (χ3n) is 2.78. The van der Waals surface area contributed by atoms with Crippen molar-refractivity contribution in [2.24, 2.45) is 0 Å². The number of nitriles is 1. The Bertz CT molecular complexity index is 611. The van der Waals surface area contributed by atoms with Gasteiger partial charge in [-0.25, -0.2) is 4.98 Å². The molecule has 0 saturated carbocycles. The SMILES string of the molecule is CCOc1ccccc1-c1csc(C(C)(C)C#N)n1. The van der Waals surface area contributed by atoms with Crippen molar-refractivity contribution in [3.8, 4) is 23.1 Å². The van der Waals surface area contributed by atoms with Crippen LogP contribution in [0.3, 0.4) is 0 Å². The van der Waals surface area contributed by atoms with Crippen molar-refractivity contribution in [1.82, 2.24) is 4.98 Å². The van der Waals surface area contributed by atoms with Crippen molar-refractivity contribution in [2.45, 2.75) is 26.2 Å². The molecular formula is C15H16N2OS. The van der Waals surface area contributed by atoms with Gasteiger partial charge in [-0.3, -0.25) is 0 Å².